The van der Waals surface area contributed by atoms with E-state index in [0.29, 0.717) is 29.3 Å². The van der Waals surface area contributed by atoms with Crippen LogP contribution in [0.4, 0.5) is 11.4 Å². The summed E-state index contributed by atoms with van der Waals surface area (Å²) in [5, 5.41) is 9.30. The Morgan fingerprint density at radius 2 is 1.90 bits per heavy atom. The monoisotopic (exact) mass is 286 g/mol. The lowest BCUT2D eigenvalue weighted by Gasteiger charge is -2.20. The predicted octanol–water partition coefficient (Wildman–Crippen LogP) is 2.65. The first-order valence-electron chi connectivity index (χ1n) is 6.63. The fourth-order valence-corrected chi connectivity index (χ4v) is 2.00. The summed E-state index contributed by atoms with van der Waals surface area (Å²) in [6, 6.07) is 11.5. The Hall–Kier alpha value is -2.69. The molecule has 0 unspecified atom stereocenters. The van der Waals surface area contributed by atoms with Gasteiger partial charge < -0.3 is 20.5 Å². The van der Waals surface area contributed by atoms with Crippen LogP contribution in [0.5, 0.6) is 11.5 Å². The number of nitrogens with two attached hydrogens (primary N) is 1. The number of nitrogens with zero attached hydrogens (tertiary/aromatic N) is 1. The highest BCUT2D eigenvalue weighted by atomic mass is 16.5. The van der Waals surface area contributed by atoms with Gasteiger partial charge in [-0.05, 0) is 43.3 Å². The van der Waals surface area contributed by atoms with Gasteiger partial charge in [0.25, 0.3) is 5.91 Å². The van der Waals surface area contributed by atoms with Gasteiger partial charge in [0.1, 0.15) is 5.75 Å². The third-order valence-corrected chi connectivity index (χ3v) is 3.11. The van der Waals surface area contributed by atoms with Gasteiger partial charge in [-0.3, -0.25) is 4.79 Å². The highest BCUT2D eigenvalue weighted by Crippen LogP contribution is 2.29. The van der Waals surface area contributed by atoms with Crippen LogP contribution in [-0.2, 0) is 0 Å². The first-order valence-corrected chi connectivity index (χ1v) is 6.63. The van der Waals surface area contributed by atoms with E-state index >= 15 is 0 Å². The van der Waals surface area contributed by atoms with Crippen molar-refractivity contribution in [3.8, 4) is 11.5 Å². The zero-order chi connectivity index (χ0) is 15.4. The summed E-state index contributed by atoms with van der Waals surface area (Å²) in [4.78, 5) is 14.1. The van der Waals surface area contributed by atoms with E-state index in [1.54, 1.807) is 37.4 Å². The minimum absolute atomic E-state index is 0.151. The molecule has 0 heterocycles. The lowest BCUT2D eigenvalue weighted by Crippen LogP contribution is -2.26. The number of carbonyl (C=O) groups excluding carboxylic acids is 1. The molecule has 0 spiro atoms. The number of hydrogen-bond donors (Lipinski definition) is 2. The molecule has 3 N–H and O–H groups in total. The third-order valence-electron chi connectivity index (χ3n) is 3.11. The maximum Gasteiger partial charge on any atom is 0.261 e. The summed E-state index contributed by atoms with van der Waals surface area (Å²) < 4.78 is 5.48. The van der Waals surface area contributed by atoms with Crippen LogP contribution in [-0.4, -0.2) is 24.7 Å². The summed E-state index contributed by atoms with van der Waals surface area (Å²) >= 11 is 0. The normalized spacial score (nSPS) is 10.2. The van der Waals surface area contributed by atoms with Crippen molar-refractivity contribution in [1.82, 2.24) is 0 Å². The van der Waals surface area contributed by atoms with E-state index in [9.17, 15) is 9.90 Å². The van der Waals surface area contributed by atoms with Gasteiger partial charge in [-0.2, -0.15) is 0 Å². The van der Waals surface area contributed by atoms with E-state index in [0.717, 1.165) is 0 Å². The van der Waals surface area contributed by atoms with E-state index in [4.69, 9.17) is 10.5 Å². The molecule has 0 atom stereocenters. The second kappa shape index (κ2) is 6.17. The van der Waals surface area contributed by atoms with Crippen LogP contribution in [0, 0.1) is 0 Å². The number of benzene rings is 2. The molecule has 0 aliphatic rings. The highest BCUT2D eigenvalue weighted by molar-refractivity contribution is 6.08. The first-order chi connectivity index (χ1) is 10.0. The van der Waals surface area contributed by atoms with Gasteiger partial charge >= 0.3 is 0 Å². The molecule has 0 fully saturated rings. The fourth-order valence-electron chi connectivity index (χ4n) is 2.00. The molecule has 0 saturated carbocycles. The van der Waals surface area contributed by atoms with Crippen LogP contribution in [0.2, 0.25) is 0 Å². The summed E-state index contributed by atoms with van der Waals surface area (Å²) in [6.45, 7) is 2.27. The Balaban J connectivity index is 2.35. The lowest BCUT2D eigenvalue weighted by atomic mass is 10.1. The van der Waals surface area contributed by atoms with Crippen molar-refractivity contribution in [2.24, 2.45) is 0 Å². The van der Waals surface area contributed by atoms with Crippen LogP contribution in [0.15, 0.2) is 42.5 Å². The minimum atomic E-state index is -0.226. The van der Waals surface area contributed by atoms with E-state index in [2.05, 4.69) is 0 Å². The molecule has 2 rings (SSSR count). The first kappa shape index (κ1) is 14.7. The molecule has 2 aromatic carbocycles. The van der Waals surface area contributed by atoms with Crippen molar-refractivity contribution >= 4 is 17.3 Å². The molecule has 110 valence electrons. The number of rotatable bonds is 4. The Kier molecular flexibility index (Phi) is 4.33. The van der Waals surface area contributed by atoms with Gasteiger partial charge in [0, 0.05) is 12.7 Å². The van der Waals surface area contributed by atoms with Gasteiger partial charge in [0.2, 0.25) is 0 Å². The molecule has 0 bridgehead atoms. The molecular weight excluding hydrogens is 268 g/mol. The minimum Gasteiger partial charge on any atom is -0.508 e. The Bertz CT molecular complexity index is 638. The van der Waals surface area contributed by atoms with Crippen molar-refractivity contribution in [1.29, 1.82) is 0 Å². The number of hydrogen-bond acceptors (Lipinski definition) is 4. The number of phenols is 1. The number of phenolic OH excluding ortho intramolecular Hbond substituents is 1. The van der Waals surface area contributed by atoms with Crippen LogP contribution < -0.4 is 15.4 Å². The molecule has 0 aliphatic carbocycles. The second-order valence-electron chi connectivity index (χ2n) is 4.54. The van der Waals surface area contributed by atoms with Crippen LogP contribution >= 0.6 is 0 Å². The molecule has 5 heteroatoms. The number of para-hydroxylation sites is 1. The zero-order valence-corrected chi connectivity index (χ0v) is 12.0. The Morgan fingerprint density at radius 3 is 2.52 bits per heavy atom. The topological polar surface area (TPSA) is 75.8 Å². The summed E-state index contributed by atoms with van der Waals surface area (Å²) in [7, 11) is 1.66. The quantitative estimate of drug-likeness (QED) is 0.847. The van der Waals surface area contributed by atoms with Crippen molar-refractivity contribution < 1.29 is 14.6 Å². The largest absolute Gasteiger partial charge is 0.508 e. The standard InChI is InChI=1S/C16H18N2O3/c1-3-21-15-13(5-4-6-14(15)17)16(20)18(2)11-7-9-12(19)10-8-11/h4-10,19H,3,17H2,1-2H3. The van der Waals surface area contributed by atoms with Crippen LogP contribution in [0.25, 0.3) is 0 Å². The molecule has 0 saturated heterocycles. The molecule has 0 aliphatic heterocycles. The number of ether oxygens (including phenoxy) is 1. The SMILES string of the molecule is CCOc1c(N)cccc1C(=O)N(C)c1ccc(O)cc1. The average Bonchev–Trinajstić information content (AvgIpc) is 2.49. The molecular formula is C16H18N2O3. The lowest BCUT2D eigenvalue weighted by molar-refractivity contribution is 0.0989. The Labute approximate surface area is 123 Å². The molecule has 5 nitrogen and oxygen atoms in total. The smallest absolute Gasteiger partial charge is 0.261 e. The number of anilines is 2. The summed E-state index contributed by atoms with van der Waals surface area (Å²) in [5.74, 6) is 0.325. The molecule has 1 amide bonds. The van der Waals surface area contributed by atoms with Crippen molar-refractivity contribution in [2.75, 3.05) is 24.3 Å². The molecule has 0 aromatic heterocycles. The highest BCUT2D eigenvalue weighted by Gasteiger charge is 2.19. The van der Waals surface area contributed by atoms with Crippen molar-refractivity contribution in [2.45, 2.75) is 6.92 Å². The number of nitrogen functional groups attached to an aromatic ring is 1. The van der Waals surface area contributed by atoms with Gasteiger partial charge in [-0.25, -0.2) is 0 Å². The Morgan fingerprint density at radius 1 is 1.24 bits per heavy atom. The summed E-state index contributed by atoms with van der Waals surface area (Å²) in [5.41, 5.74) is 7.39. The average molecular weight is 286 g/mol. The second-order valence-corrected chi connectivity index (χ2v) is 4.54. The maximum atomic E-state index is 12.6. The number of aromatic hydroxyl groups is 1. The van der Waals surface area contributed by atoms with Crippen LogP contribution in [0.3, 0.4) is 0 Å². The van der Waals surface area contributed by atoms with Gasteiger partial charge in [-0.1, -0.05) is 6.07 Å². The summed E-state index contributed by atoms with van der Waals surface area (Å²) in [6.07, 6.45) is 0. The molecule has 2 aromatic rings. The van der Waals surface area contributed by atoms with Gasteiger partial charge in [-0.15, -0.1) is 0 Å². The molecule has 21 heavy (non-hydrogen) atoms. The number of amides is 1. The van der Waals surface area contributed by atoms with E-state index < -0.39 is 0 Å². The van der Waals surface area contributed by atoms with Gasteiger partial charge in [0.05, 0.1) is 17.9 Å². The van der Waals surface area contributed by atoms with E-state index in [1.807, 2.05) is 6.92 Å². The van der Waals surface area contributed by atoms with Crippen molar-refractivity contribution in [3.63, 3.8) is 0 Å². The number of carbonyl (C=O) groups is 1. The van der Waals surface area contributed by atoms with Crippen molar-refractivity contribution in [3.05, 3.63) is 48.0 Å². The predicted molar refractivity (Wildman–Crippen MR) is 82.9 cm³/mol. The van der Waals surface area contributed by atoms with E-state index in [1.165, 1.54) is 17.0 Å². The zero-order valence-electron chi connectivity index (χ0n) is 12.0. The fraction of sp³-hybridized carbons (Fsp3) is 0.188. The van der Waals surface area contributed by atoms with Crippen LogP contribution in [0.1, 0.15) is 17.3 Å². The molecule has 0 radical (unpaired) electrons. The third kappa shape index (κ3) is 3.08. The van der Waals surface area contributed by atoms with Gasteiger partial charge in [0.15, 0.2) is 5.75 Å². The maximum absolute atomic E-state index is 12.6. The van der Waals surface area contributed by atoms with E-state index in [-0.39, 0.29) is 11.7 Å².